The minimum absolute atomic E-state index is 0.814. The Morgan fingerprint density at radius 2 is 1.50 bits per heavy atom. The molecule has 0 amide bonds. The summed E-state index contributed by atoms with van der Waals surface area (Å²) in [6.07, 6.45) is 4.53. The van der Waals surface area contributed by atoms with Gasteiger partial charge in [0.25, 0.3) is 0 Å². The third-order valence-electron chi connectivity index (χ3n) is 2.60. The molecule has 0 aliphatic rings. The highest BCUT2D eigenvalue weighted by Crippen LogP contribution is 2.14. The lowest BCUT2D eigenvalue weighted by molar-refractivity contribution is 0.151. The Balaban J connectivity index is 1.33. The van der Waals surface area contributed by atoms with Gasteiger partial charge in [-0.05, 0) is 36.4 Å². The predicted octanol–water partition coefficient (Wildman–Crippen LogP) is 4.45. The summed E-state index contributed by atoms with van der Waals surface area (Å²) in [5.41, 5.74) is 0. The fourth-order valence-corrected chi connectivity index (χ4v) is 3.20. The largest absolute Gasteiger partial charge is 0.468 e. The fourth-order valence-electron chi connectivity index (χ4n) is 1.62. The molecule has 0 atom stereocenters. The van der Waals surface area contributed by atoms with Crippen LogP contribution in [0.3, 0.4) is 0 Å². The van der Waals surface area contributed by atoms with E-state index < -0.39 is 0 Å². The summed E-state index contributed by atoms with van der Waals surface area (Å²) in [5.74, 6) is 6.08. The number of hydrogen-bond donors (Lipinski definition) is 0. The normalized spacial score (nSPS) is 11.0. The summed E-state index contributed by atoms with van der Waals surface area (Å²) in [5, 5.41) is 0. The predicted molar refractivity (Wildman–Crippen MR) is 85.2 cm³/mol. The second-order valence-electron chi connectivity index (χ2n) is 4.23. The van der Waals surface area contributed by atoms with Gasteiger partial charge in [0.2, 0.25) is 0 Å². The van der Waals surface area contributed by atoms with Crippen LogP contribution in [0.2, 0.25) is 0 Å². The third kappa shape index (κ3) is 6.59. The van der Waals surface area contributed by atoms with Gasteiger partial charge in [0.05, 0.1) is 30.6 Å². The molecule has 0 saturated carbocycles. The van der Waals surface area contributed by atoms with Crippen molar-refractivity contribution < 1.29 is 13.6 Å². The van der Waals surface area contributed by atoms with Crippen molar-refractivity contribution in [2.45, 2.75) is 17.9 Å². The molecular formula is C15H20O3S2. The number of rotatable bonds is 11. The first-order valence-corrected chi connectivity index (χ1v) is 9.04. The quantitative estimate of drug-likeness (QED) is 0.573. The van der Waals surface area contributed by atoms with Crippen LogP contribution in [0, 0.1) is 0 Å². The van der Waals surface area contributed by atoms with Gasteiger partial charge in [-0.2, -0.15) is 23.5 Å². The van der Waals surface area contributed by atoms with Crippen LogP contribution in [0.5, 0.6) is 0 Å². The van der Waals surface area contributed by atoms with Crippen molar-refractivity contribution >= 4 is 23.5 Å². The van der Waals surface area contributed by atoms with Crippen LogP contribution in [0.4, 0.5) is 0 Å². The van der Waals surface area contributed by atoms with Crippen LogP contribution < -0.4 is 0 Å². The molecule has 0 spiro atoms. The van der Waals surface area contributed by atoms with Crippen LogP contribution >= 0.6 is 23.5 Å². The van der Waals surface area contributed by atoms with Gasteiger partial charge in [0, 0.05) is 12.4 Å². The molecule has 3 nitrogen and oxygen atoms in total. The molecule has 0 aliphatic carbocycles. The second-order valence-corrected chi connectivity index (χ2v) is 6.44. The highest BCUT2D eigenvalue weighted by Gasteiger charge is 1.97. The molecule has 5 heteroatoms. The Bertz CT molecular complexity index is 384. The van der Waals surface area contributed by atoms with Crippen molar-refractivity contribution in [1.29, 1.82) is 0 Å². The molecule has 2 rings (SSSR count). The Morgan fingerprint density at radius 3 is 2.10 bits per heavy atom. The van der Waals surface area contributed by atoms with Crippen LogP contribution in [0.25, 0.3) is 0 Å². The van der Waals surface area contributed by atoms with E-state index in [0.717, 1.165) is 54.2 Å². The molecule has 2 aromatic rings. The van der Waals surface area contributed by atoms with Gasteiger partial charge in [-0.3, -0.25) is 0 Å². The summed E-state index contributed by atoms with van der Waals surface area (Å²) in [6, 6.07) is 7.87. The van der Waals surface area contributed by atoms with Gasteiger partial charge in [0.15, 0.2) is 0 Å². The Morgan fingerprint density at radius 1 is 0.850 bits per heavy atom. The molecule has 0 bridgehead atoms. The number of thioether (sulfide) groups is 2. The van der Waals surface area contributed by atoms with Gasteiger partial charge in [0.1, 0.15) is 11.5 Å². The van der Waals surface area contributed by atoms with Crippen LogP contribution in [-0.2, 0) is 16.2 Å². The van der Waals surface area contributed by atoms with E-state index in [2.05, 4.69) is 0 Å². The van der Waals surface area contributed by atoms with E-state index in [0.29, 0.717) is 0 Å². The molecule has 0 aromatic carbocycles. The molecular weight excluding hydrogens is 292 g/mol. The van der Waals surface area contributed by atoms with Gasteiger partial charge < -0.3 is 13.6 Å². The van der Waals surface area contributed by atoms with E-state index in [1.807, 2.05) is 47.8 Å². The molecule has 110 valence electrons. The minimum atomic E-state index is 0.814. The molecule has 2 heterocycles. The summed E-state index contributed by atoms with van der Waals surface area (Å²) in [7, 11) is 0. The van der Waals surface area contributed by atoms with Crippen molar-refractivity contribution in [3.63, 3.8) is 0 Å². The third-order valence-corrected chi connectivity index (χ3v) is 4.61. The van der Waals surface area contributed by atoms with E-state index in [4.69, 9.17) is 13.6 Å². The Kier molecular flexibility index (Phi) is 7.82. The highest BCUT2D eigenvalue weighted by atomic mass is 32.2. The first-order chi connectivity index (χ1) is 9.95. The molecule has 0 N–H and O–H groups in total. The first kappa shape index (κ1) is 15.6. The zero-order valence-electron chi connectivity index (χ0n) is 11.5. The number of furan rings is 2. The number of hydrogen-bond acceptors (Lipinski definition) is 5. The molecule has 0 radical (unpaired) electrons. The van der Waals surface area contributed by atoms with Crippen molar-refractivity contribution in [1.82, 2.24) is 0 Å². The lowest BCUT2D eigenvalue weighted by atomic mass is 10.5. The molecule has 0 unspecified atom stereocenters. The topological polar surface area (TPSA) is 35.5 Å². The number of ether oxygens (including phenoxy) is 1. The smallest absolute Gasteiger partial charge is 0.113 e. The Hall–Kier alpha value is -0.780. The second kappa shape index (κ2) is 10.0. The zero-order chi connectivity index (χ0) is 13.9. The summed E-state index contributed by atoms with van der Waals surface area (Å²) >= 11 is 3.73. The minimum Gasteiger partial charge on any atom is -0.468 e. The average molecular weight is 312 g/mol. The lowest BCUT2D eigenvalue weighted by Crippen LogP contribution is -2.00. The maximum atomic E-state index is 5.60. The SMILES string of the molecule is c1coc(CSCCCOCCSCc2ccco2)c1. The Labute approximate surface area is 128 Å². The molecule has 20 heavy (non-hydrogen) atoms. The van der Waals surface area contributed by atoms with Gasteiger partial charge in [-0.15, -0.1) is 0 Å². The molecule has 0 aliphatic heterocycles. The van der Waals surface area contributed by atoms with E-state index in [1.165, 1.54) is 0 Å². The summed E-state index contributed by atoms with van der Waals surface area (Å²) in [4.78, 5) is 0. The van der Waals surface area contributed by atoms with Crippen molar-refractivity contribution in [3.8, 4) is 0 Å². The van der Waals surface area contributed by atoms with E-state index in [9.17, 15) is 0 Å². The van der Waals surface area contributed by atoms with Crippen molar-refractivity contribution in [2.24, 2.45) is 0 Å². The van der Waals surface area contributed by atoms with E-state index in [-0.39, 0.29) is 0 Å². The maximum Gasteiger partial charge on any atom is 0.113 e. The van der Waals surface area contributed by atoms with Gasteiger partial charge >= 0.3 is 0 Å². The monoisotopic (exact) mass is 312 g/mol. The van der Waals surface area contributed by atoms with Crippen LogP contribution in [-0.4, -0.2) is 24.7 Å². The van der Waals surface area contributed by atoms with Crippen LogP contribution in [0.1, 0.15) is 17.9 Å². The maximum absolute atomic E-state index is 5.60. The van der Waals surface area contributed by atoms with Gasteiger partial charge in [-0.1, -0.05) is 0 Å². The molecule has 2 aromatic heterocycles. The molecule has 0 fully saturated rings. The van der Waals surface area contributed by atoms with Crippen molar-refractivity contribution in [2.75, 3.05) is 24.7 Å². The standard InChI is InChI=1S/C15H20O3S2/c1-4-14(17-7-1)12-19-10-3-6-16-9-11-20-13-15-5-2-8-18-15/h1-2,4-5,7-8H,3,6,9-13H2. The lowest BCUT2D eigenvalue weighted by Gasteiger charge is -2.03. The fraction of sp³-hybridized carbons (Fsp3) is 0.467. The average Bonchev–Trinajstić information content (AvgIpc) is 3.14. The summed E-state index contributed by atoms with van der Waals surface area (Å²) < 4.78 is 16.1. The first-order valence-electron chi connectivity index (χ1n) is 6.73. The van der Waals surface area contributed by atoms with E-state index in [1.54, 1.807) is 12.5 Å². The van der Waals surface area contributed by atoms with Crippen LogP contribution in [0.15, 0.2) is 45.6 Å². The van der Waals surface area contributed by atoms with Gasteiger partial charge in [-0.25, -0.2) is 0 Å². The van der Waals surface area contributed by atoms with E-state index >= 15 is 0 Å². The summed E-state index contributed by atoms with van der Waals surface area (Å²) in [6.45, 7) is 1.65. The van der Waals surface area contributed by atoms with Crippen molar-refractivity contribution in [3.05, 3.63) is 48.3 Å². The zero-order valence-corrected chi connectivity index (χ0v) is 13.1. The molecule has 0 saturated heterocycles. The highest BCUT2D eigenvalue weighted by molar-refractivity contribution is 7.98.